The topological polar surface area (TPSA) is 102 Å². The van der Waals surface area contributed by atoms with Crippen LogP contribution in [0.4, 0.5) is 0 Å². The van der Waals surface area contributed by atoms with E-state index in [2.05, 4.69) is 5.32 Å². The summed E-state index contributed by atoms with van der Waals surface area (Å²) in [6.45, 7) is 2.69. The molecule has 0 bridgehead atoms. The number of ether oxygens (including phenoxy) is 2. The van der Waals surface area contributed by atoms with Crippen LogP contribution >= 0.6 is 0 Å². The Morgan fingerprint density at radius 2 is 1.70 bits per heavy atom. The smallest absolute Gasteiger partial charge is 0.338 e. The van der Waals surface area contributed by atoms with E-state index in [-0.39, 0.29) is 17.0 Å². The van der Waals surface area contributed by atoms with Crippen LogP contribution in [-0.4, -0.2) is 50.9 Å². The third-order valence-corrected chi connectivity index (χ3v) is 7.45. The van der Waals surface area contributed by atoms with Gasteiger partial charge in [0.1, 0.15) is 5.75 Å². The van der Waals surface area contributed by atoms with Gasteiger partial charge in [-0.15, -0.1) is 0 Å². The zero-order valence-corrected chi connectivity index (χ0v) is 19.8. The van der Waals surface area contributed by atoms with Gasteiger partial charge >= 0.3 is 5.97 Å². The second kappa shape index (κ2) is 11.3. The van der Waals surface area contributed by atoms with Crippen LogP contribution < -0.4 is 10.1 Å². The molecule has 178 valence electrons. The number of amides is 1. The lowest BCUT2D eigenvalue weighted by Crippen LogP contribution is -2.35. The van der Waals surface area contributed by atoms with E-state index >= 15 is 0 Å². The molecule has 0 spiro atoms. The van der Waals surface area contributed by atoms with Gasteiger partial charge in [0.15, 0.2) is 6.10 Å². The first kappa shape index (κ1) is 24.7. The Hall–Kier alpha value is -2.91. The maximum Gasteiger partial charge on any atom is 0.338 e. The summed E-state index contributed by atoms with van der Waals surface area (Å²) in [6.07, 6.45) is 2.63. The maximum absolute atomic E-state index is 13.0. The van der Waals surface area contributed by atoms with Gasteiger partial charge in [0, 0.05) is 19.6 Å². The van der Waals surface area contributed by atoms with Crippen LogP contribution in [0.15, 0.2) is 53.4 Å². The van der Waals surface area contributed by atoms with Gasteiger partial charge in [-0.3, -0.25) is 4.79 Å². The lowest BCUT2D eigenvalue weighted by molar-refractivity contribution is -0.129. The van der Waals surface area contributed by atoms with Gasteiger partial charge in [0.2, 0.25) is 10.0 Å². The molecule has 1 heterocycles. The molecule has 0 aromatic heterocycles. The van der Waals surface area contributed by atoms with E-state index in [0.29, 0.717) is 18.8 Å². The highest BCUT2D eigenvalue weighted by molar-refractivity contribution is 7.89. The van der Waals surface area contributed by atoms with E-state index in [1.54, 1.807) is 19.2 Å². The number of esters is 1. The quantitative estimate of drug-likeness (QED) is 0.590. The Bertz CT molecular complexity index is 1060. The minimum Gasteiger partial charge on any atom is -0.497 e. The molecule has 0 saturated carbocycles. The molecule has 1 fully saturated rings. The van der Waals surface area contributed by atoms with Crippen LogP contribution in [0.2, 0.25) is 0 Å². The number of methoxy groups -OCH3 is 1. The Morgan fingerprint density at radius 3 is 2.33 bits per heavy atom. The number of hydrogen-bond acceptors (Lipinski definition) is 6. The number of rotatable bonds is 8. The van der Waals surface area contributed by atoms with Crippen LogP contribution in [0.25, 0.3) is 0 Å². The predicted octanol–water partition coefficient (Wildman–Crippen LogP) is 3.12. The van der Waals surface area contributed by atoms with Gasteiger partial charge in [-0.25, -0.2) is 13.2 Å². The van der Waals surface area contributed by atoms with Gasteiger partial charge in [0.05, 0.1) is 17.6 Å². The molecule has 2 aromatic rings. The van der Waals surface area contributed by atoms with Crippen LogP contribution in [-0.2, 0) is 26.1 Å². The molecule has 8 nitrogen and oxygen atoms in total. The SMILES string of the molecule is COc1ccc(CNC(=O)[C@@H](C)OC(=O)c2cccc(S(=O)(=O)N3CCCCCC3)c2)cc1. The normalized spacial score (nSPS) is 15.8. The van der Waals surface area contributed by atoms with Crippen molar-refractivity contribution >= 4 is 21.9 Å². The molecule has 0 aliphatic carbocycles. The summed E-state index contributed by atoms with van der Waals surface area (Å²) in [4.78, 5) is 25.0. The van der Waals surface area contributed by atoms with Crippen molar-refractivity contribution in [2.75, 3.05) is 20.2 Å². The Kier molecular flexibility index (Phi) is 8.46. The highest BCUT2D eigenvalue weighted by Gasteiger charge is 2.26. The highest BCUT2D eigenvalue weighted by atomic mass is 32.2. The first-order chi connectivity index (χ1) is 15.8. The van der Waals surface area contributed by atoms with E-state index in [9.17, 15) is 18.0 Å². The summed E-state index contributed by atoms with van der Waals surface area (Å²) in [7, 11) is -2.12. The predicted molar refractivity (Wildman–Crippen MR) is 123 cm³/mol. The van der Waals surface area contributed by atoms with Crippen molar-refractivity contribution in [2.45, 2.75) is 50.2 Å². The van der Waals surface area contributed by atoms with Crippen LogP contribution in [0.5, 0.6) is 5.75 Å². The van der Waals surface area contributed by atoms with E-state index in [1.165, 1.54) is 35.5 Å². The fraction of sp³-hybridized carbons (Fsp3) is 0.417. The summed E-state index contributed by atoms with van der Waals surface area (Å²) >= 11 is 0. The summed E-state index contributed by atoms with van der Waals surface area (Å²) in [5, 5.41) is 2.72. The minimum atomic E-state index is -3.69. The standard InChI is InChI=1S/C24H30N2O6S/c1-18(23(27)25-17-19-10-12-21(31-2)13-11-19)32-24(28)20-8-7-9-22(16-20)33(29,30)26-14-5-3-4-6-15-26/h7-13,16,18H,3-6,14-15,17H2,1-2H3,(H,25,27)/t18-/m1/s1. The molecular weight excluding hydrogens is 444 g/mol. The number of hydrogen-bond donors (Lipinski definition) is 1. The van der Waals surface area contributed by atoms with Crippen molar-refractivity contribution in [3.63, 3.8) is 0 Å². The van der Waals surface area contributed by atoms with Gasteiger partial charge in [-0.1, -0.05) is 31.0 Å². The van der Waals surface area contributed by atoms with Gasteiger partial charge in [-0.05, 0) is 55.7 Å². The minimum absolute atomic E-state index is 0.0514. The number of sulfonamides is 1. The van der Waals surface area contributed by atoms with Gasteiger partial charge < -0.3 is 14.8 Å². The largest absolute Gasteiger partial charge is 0.497 e. The van der Waals surface area contributed by atoms with Crippen LogP contribution in [0.1, 0.15) is 48.5 Å². The third-order valence-electron chi connectivity index (χ3n) is 5.55. The van der Waals surface area contributed by atoms with E-state index in [1.807, 2.05) is 12.1 Å². The Morgan fingerprint density at radius 1 is 1.03 bits per heavy atom. The van der Waals surface area contributed by atoms with Crippen molar-refractivity contribution < 1.29 is 27.5 Å². The monoisotopic (exact) mass is 474 g/mol. The molecule has 2 aromatic carbocycles. The van der Waals surface area contributed by atoms with E-state index in [0.717, 1.165) is 31.2 Å². The average Bonchev–Trinajstić information content (AvgIpc) is 3.13. The van der Waals surface area contributed by atoms with Crippen molar-refractivity contribution in [3.05, 3.63) is 59.7 Å². The molecule has 0 radical (unpaired) electrons. The molecule has 1 N–H and O–H groups in total. The molecule has 1 aliphatic rings. The average molecular weight is 475 g/mol. The summed E-state index contributed by atoms with van der Waals surface area (Å²) in [5.41, 5.74) is 0.954. The molecule has 1 saturated heterocycles. The number of carbonyl (C=O) groups excluding carboxylic acids is 2. The van der Waals surface area contributed by atoms with Gasteiger partial charge in [-0.2, -0.15) is 4.31 Å². The number of nitrogens with zero attached hydrogens (tertiary/aromatic N) is 1. The first-order valence-electron chi connectivity index (χ1n) is 11.0. The highest BCUT2D eigenvalue weighted by Crippen LogP contribution is 2.21. The summed E-state index contributed by atoms with van der Waals surface area (Å²) in [6, 6.07) is 13.0. The molecule has 1 aliphatic heterocycles. The lowest BCUT2D eigenvalue weighted by Gasteiger charge is -2.20. The summed E-state index contributed by atoms with van der Waals surface area (Å²) < 4.78 is 37.9. The number of benzene rings is 2. The van der Waals surface area contributed by atoms with Crippen molar-refractivity contribution in [3.8, 4) is 5.75 Å². The second-order valence-corrected chi connectivity index (χ2v) is 9.90. The zero-order chi connectivity index (χ0) is 23.8. The second-order valence-electron chi connectivity index (χ2n) is 7.96. The molecule has 9 heteroatoms. The molecule has 0 unspecified atom stereocenters. The fourth-order valence-electron chi connectivity index (χ4n) is 3.57. The molecule has 33 heavy (non-hydrogen) atoms. The molecule has 1 atom stereocenters. The summed E-state index contributed by atoms with van der Waals surface area (Å²) in [5.74, 6) is -0.491. The van der Waals surface area contributed by atoms with Crippen LogP contribution in [0, 0.1) is 0 Å². The lowest BCUT2D eigenvalue weighted by atomic mass is 10.2. The zero-order valence-electron chi connectivity index (χ0n) is 19.0. The van der Waals surface area contributed by atoms with Crippen LogP contribution in [0.3, 0.4) is 0 Å². The molecule has 3 rings (SSSR count). The molecule has 1 amide bonds. The Labute approximate surface area is 194 Å². The first-order valence-corrected chi connectivity index (χ1v) is 12.5. The maximum atomic E-state index is 13.0. The van der Waals surface area contributed by atoms with Gasteiger partial charge in [0.25, 0.3) is 5.91 Å². The number of carbonyl (C=O) groups is 2. The van der Waals surface area contributed by atoms with E-state index < -0.39 is 28.0 Å². The third kappa shape index (κ3) is 6.55. The fourth-order valence-corrected chi connectivity index (χ4v) is 5.14. The van der Waals surface area contributed by atoms with E-state index in [4.69, 9.17) is 9.47 Å². The Balaban J connectivity index is 1.60. The van der Waals surface area contributed by atoms with Crippen molar-refractivity contribution in [1.82, 2.24) is 9.62 Å². The molecular formula is C24H30N2O6S. The number of nitrogens with one attached hydrogen (secondary N) is 1. The van der Waals surface area contributed by atoms with Crippen molar-refractivity contribution in [1.29, 1.82) is 0 Å². The van der Waals surface area contributed by atoms with Crippen molar-refractivity contribution in [2.24, 2.45) is 0 Å².